The summed E-state index contributed by atoms with van der Waals surface area (Å²) >= 11 is 23.5. The van der Waals surface area contributed by atoms with Crippen molar-refractivity contribution in [3.8, 4) is 11.3 Å². The lowest BCUT2D eigenvalue weighted by molar-refractivity contribution is 1.32. The second-order valence-electron chi connectivity index (χ2n) is 3.10. The van der Waals surface area contributed by atoms with Crippen LogP contribution in [-0.2, 0) is 0 Å². The summed E-state index contributed by atoms with van der Waals surface area (Å²) in [6.45, 7) is 0. The van der Waals surface area contributed by atoms with Gasteiger partial charge < -0.3 is 0 Å². The zero-order valence-corrected chi connectivity index (χ0v) is 10.9. The van der Waals surface area contributed by atoms with Gasteiger partial charge in [0.15, 0.2) is 0 Å². The number of pyridine rings is 1. The molecular formula is C11H5Cl4N. The molecule has 82 valence electrons. The summed E-state index contributed by atoms with van der Waals surface area (Å²) in [6.07, 6.45) is 0. The highest BCUT2D eigenvalue weighted by Crippen LogP contribution is 2.32. The summed E-state index contributed by atoms with van der Waals surface area (Å²) in [7, 11) is 0. The monoisotopic (exact) mass is 291 g/mol. The molecule has 0 saturated carbocycles. The lowest BCUT2D eigenvalue weighted by Crippen LogP contribution is -1.86. The van der Waals surface area contributed by atoms with Crippen LogP contribution in [0.25, 0.3) is 11.3 Å². The third-order valence-corrected chi connectivity index (χ3v) is 3.22. The Morgan fingerprint density at radius 3 is 2.06 bits per heavy atom. The van der Waals surface area contributed by atoms with Gasteiger partial charge in [-0.3, -0.25) is 0 Å². The van der Waals surface area contributed by atoms with Crippen molar-refractivity contribution in [3.05, 3.63) is 50.6 Å². The molecule has 2 aromatic rings. The van der Waals surface area contributed by atoms with Crippen LogP contribution in [0.3, 0.4) is 0 Å². The van der Waals surface area contributed by atoms with Crippen molar-refractivity contribution in [2.45, 2.75) is 0 Å². The second kappa shape index (κ2) is 4.80. The number of hydrogen-bond acceptors (Lipinski definition) is 1. The Labute approximate surface area is 113 Å². The van der Waals surface area contributed by atoms with Crippen molar-refractivity contribution >= 4 is 46.4 Å². The molecule has 0 fully saturated rings. The maximum Gasteiger partial charge on any atom is 0.148 e. The van der Waals surface area contributed by atoms with Gasteiger partial charge in [-0.1, -0.05) is 58.5 Å². The number of aromatic nitrogens is 1. The van der Waals surface area contributed by atoms with E-state index in [1.54, 1.807) is 18.2 Å². The lowest BCUT2D eigenvalue weighted by Gasteiger charge is -2.05. The highest BCUT2D eigenvalue weighted by molar-refractivity contribution is 6.43. The molecule has 0 radical (unpaired) electrons. The molecule has 1 heterocycles. The zero-order chi connectivity index (χ0) is 11.7. The topological polar surface area (TPSA) is 12.9 Å². The minimum Gasteiger partial charge on any atom is -0.233 e. The Kier molecular flexibility index (Phi) is 3.60. The molecule has 0 aliphatic carbocycles. The fraction of sp³-hybridized carbons (Fsp3) is 0. The highest BCUT2D eigenvalue weighted by atomic mass is 35.5. The lowest BCUT2D eigenvalue weighted by atomic mass is 10.1. The molecule has 2 rings (SSSR count). The predicted octanol–water partition coefficient (Wildman–Crippen LogP) is 5.36. The van der Waals surface area contributed by atoms with Gasteiger partial charge in [-0.25, -0.2) is 4.98 Å². The third-order valence-electron chi connectivity index (χ3n) is 2.00. The minimum atomic E-state index is 0.232. The number of nitrogens with zero attached hydrogens (tertiary/aromatic N) is 1. The van der Waals surface area contributed by atoms with Crippen LogP contribution in [0, 0.1) is 0 Å². The standard InChI is InChI=1S/C11H5Cl4N/c12-7-3-1-6(2-4-7)10-8(13)5-9(14)11(15)16-10/h1-5H. The second-order valence-corrected chi connectivity index (χ2v) is 4.71. The molecule has 0 saturated heterocycles. The van der Waals surface area contributed by atoms with Crippen molar-refractivity contribution in [1.29, 1.82) is 0 Å². The molecule has 16 heavy (non-hydrogen) atoms. The van der Waals surface area contributed by atoms with E-state index in [4.69, 9.17) is 46.4 Å². The molecule has 1 aromatic carbocycles. The van der Waals surface area contributed by atoms with Crippen molar-refractivity contribution in [3.63, 3.8) is 0 Å². The first-order valence-corrected chi connectivity index (χ1v) is 5.86. The molecule has 0 amide bonds. The molecule has 0 aliphatic heterocycles. The van der Waals surface area contributed by atoms with E-state index in [0.29, 0.717) is 20.8 Å². The largest absolute Gasteiger partial charge is 0.233 e. The summed E-state index contributed by atoms with van der Waals surface area (Å²) in [5.74, 6) is 0. The number of hydrogen-bond donors (Lipinski definition) is 0. The van der Waals surface area contributed by atoms with Gasteiger partial charge in [-0.05, 0) is 18.2 Å². The SMILES string of the molecule is Clc1ccc(-c2nc(Cl)c(Cl)cc2Cl)cc1. The predicted molar refractivity (Wildman–Crippen MR) is 69.7 cm³/mol. The van der Waals surface area contributed by atoms with Gasteiger partial charge in [0, 0.05) is 10.6 Å². The van der Waals surface area contributed by atoms with E-state index in [-0.39, 0.29) is 5.15 Å². The van der Waals surface area contributed by atoms with E-state index < -0.39 is 0 Å². The Hall–Kier alpha value is -0.470. The quantitative estimate of drug-likeness (QED) is 0.645. The van der Waals surface area contributed by atoms with Crippen LogP contribution in [0.2, 0.25) is 20.2 Å². The van der Waals surface area contributed by atoms with E-state index in [0.717, 1.165) is 5.56 Å². The van der Waals surface area contributed by atoms with E-state index >= 15 is 0 Å². The van der Waals surface area contributed by atoms with Gasteiger partial charge in [-0.2, -0.15) is 0 Å². The molecule has 5 heteroatoms. The molecule has 0 aliphatic rings. The van der Waals surface area contributed by atoms with E-state index in [1.807, 2.05) is 12.1 Å². The van der Waals surface area contributed by atoms with Crippen LogP contribution in [0.4, 0.5) is 0 Å². The fourth-order valence-electron chi connectivity index (χ4n) is 1.25. The summed E-state index contributed by atoms with van der Waals surface area (Å²) in [5.41, 5.74) is 1.43. The highest BCUT2D eigenvalue weighted by Gasteiger charge is 2.09. The van der Waals surface area contributed by atoms with Crippen molar-refractivity contribution in [1.82, 2.24) is 4.98 Å². The van der Waals surface area contributed by atoms with E-state index in [9.17, 15) is 0 Å². The maximum absolute atomic E-state index is 6.04. The van der Waals surface area contributed by atoms with Gasteiger partial charge in [0.1, 0.15) is 5.15 Å². The van der Waals surface area contributed by atoms with Gasteiger partial charge >= 0.3 is 0 Å². The Morgan fingerprint density at radius 1 is 0.812 bits per heavy atom. The average Bonchev–Trinajstić information content (AvgIpc) is 2.25. The number of rotatable bonds is 1. The minimum absolute atomic E-state index is 0.232. The van der Waals surface area contributed by atoms with Crippen LogP contribution < -0.4 is 0 Å². The number of benzene rings is 1. The van der Waals surface area contributed by atoms with Gasteiger partial charge in [0.05, 0.1) is 15.7 Å². The van der Waals surface area contributed by atoms with Crippen LogP contribution in [0.5, 0.6) is 0 Å². The van der Waals surface area contributed by atoms with Crippen LogP contribution in [-0.4, -0.2) is 4.98 Å². The molecule has 0 bridgehead atoms. The zero-order valence-electron chi connectivity index (χ0n) is 7.85. The molecule has 0 spiro atoms. The molecule has 1 nitrogen and oxygen atoms in total. The van der Waals surface area contributed by atoms with Gasteiger partial charge in [0.2, 0.25) is 0 Å². The van der Waals surface area contributed by atoms with Crippen molar-refractivity contribution in [2.24, 2.45) is 0 Å². The van der Waals surface area contributed by atoms with Gasteiger partial charge in [0.25, 0.3) is 0 Å². The fourth-order valence-corrected chi connectivity index (χ4v) is 1.99. The summed E-state index contributed by atoms with van der Waals surface area (Å²) in [5, 5.41) is 1.68. The first-order chi connectivity index (χ1) is 7.58. The molecule has 0 unspecified atom stereocenters. The van der Waals surface area contributed by atoms with Gasteiger partial charge in [-0.15, -0.1) is 0 Å². The van der Waals surface area contributed by atoms with Crippen LogP contribution >= 0.6 is 46.4 Å². The smallest absolute Gasteiger partial charge is 0.148 e. The normalized spacial score (nSPS) is 10.5. The maximum atomic E-state index is 6.04. The van der Waals surface area contributed by atoms with E-state index in [2.05, 4.69) is 4.98 Å². The number of halogens is 4. The van der Waals surface area contributed by atoms with Crippen LogP contribution in [0.1, 0.15) is 0 Å². The Bertz CT molecular complexity index is 522. The van der Waals surface area contributed by atoms with Crippen molar-refractivity contribution < 1.29 is 0 Å². The first-order valence-electron chi connectivity index (χ1n) is 4.35. The molecule has 1 aromatic heterocycles. The molecule has 0 atom stereocenters. The molecule has 0 N–H and O–H groups in total. The van der Waals surface area contributed by atoms with Crippen molar-refractivity contribution in [2.75, 3.05) is 0 Å². The summed E-state index contributed by atoms with van der Waals surface area (Å²) in [6, 6.07) is 8.73. The summed E-state index contributed by atoms with van der Waals surface area (Å²) in [4.78, 5) is 4.13. The van der Waals surface area contributed by atoms with E-state index in [1.165, 1.54) is 0 Å². The third kappa shape index (κ3) is 2.44. The van der Waals surface area contributed by atoms with Crippen LogP contribution in [0.15, 0.2) is 30.3 Å². The molecular weight excluding hydrogens is 288 g/mol. The Balaban J connectivity index is 2.56. The summed E-state index contributed by atoms with van der Waals surface area (Å²) < 4.78 is 0. The Morgan fingerprint density at radius 2 is 1.44 bits per heavy atom. The average molecular weight is 293 g/mol. The first kappa shape index (κ1) is 12.0.